The number of carboxylic acids is 1. The van der Waals surface area contributed by atoms with E-state index in [1.165, 1.54) is 0 Å². The number of hydrogen-bond acceptors (Lipinski definition) is 4. The smallest absolute Gasteiger partial charge is 0.354 e. The zero-order valence-corrected chi connectivity index (χ0v) is 11.8. The fourth-order valence-corrected chi connectivity index (χ4v) is 3.56. The molecule has 2 heterocycles. The molecule has 0 spiro atoms. The van der Waals surface area contributed by atoms with Gasteiger partial charge < -0.3 is 10.4 Å². The molecule has 1 saturated heterocycles. The summed E-state index contributed by atoms with van der Waals surface area (Å²) >= 11 is 1.97. The lowest BCUT2D eigenvalue weighted by atomic mass is 10.1. The average Bonchev–Trinajstić information content (AvgIpc) is 2.48. The first-order valence-corrected chi connectivity index (χ1v) is 7.87. The van der Waals surface area contributed by atoms with Crippen LogP contribution in [-0.2, 0) is 0 Å². The number of aromatic carboxylic acids is 1. The summed E-state index contributed by atoms with van der Waals surface area (Å²) in [6.07, 6.45) is 2.19. The van der Waals surface area contributed by atoms with Gasteiger partial charge in [0.1, 0.15) is 5.82 Å². The van der Waals surface area contributed by atoms with Gasteiger partial charge in [0.25, 0.3) is 0 Å². The third-order valence-electron chi connectivity index (χ3n) is 3.52. The van der Waals surface area contributed by atoms with Gasteiger partial charge in [-0.05, 0) is 35.8 Å². The largest absolute Gasteiger partial charge is 0.477 e. The van der Waals surface area contributed by atoms with Crippen LogP contribution in [0.15, 0.2) is 30.3 Å². The lowest BCUT2D eigenvalue weighted by molar-refractivity contribution is 0.0691. The third kappa shape index (κ3) is 2.72. The van der Waals surface area contributed by atoms with Gasteiger partial charge in [0.05, 0.1) is 0 Å². The van der Waals surface area contributed by atoms with Gasteiger partial charge in [0, 0.05) is 11.4 Å². The normalized spacial score (nSPS) is 16.2. The molecule has 2 aromatic rings. The predicted octanol–water partition coefficient (Wildman–Crippen LogP) is 3.24. The molecule has 1 fully saturated rings. The predicted molar refractivity (Wildman–Crippen MR) is 82.7 cm³/mol. The van der Waals surface area contributed by atoms with Crippen LogP contribution in [0.2, 0.25) is 0 Å². The van der Waals surface area contributed by atoms with Gasteiger partial charge in [-0.1, -0.05) is 24.3 Å². The summed E-state index contributed by atoms with van der Waals surface area (Å²) in [5, 5.41) is 14.5. The van der Waals surface area contributed by atoms with E-state index in [1.807, 2.05) is 36.0 Å². The number of pyridine rings is 1. The molecule has 2 N–H and O–H groups in total. The number of nitrogens with zero attached hydrogens (tertiary/aromatic N) is 1. The fourth-order valence-electron chi connectivity index (χ4n) is 2.45. The molecule has 3 rings (SSSR count). The highest BCUT2D eigenvalue weighted by molar-refractivity contribution is 7.99. The van der Waals surface area contributed by atoms with Crippen LogP contribution >= 0.6 is 11.8 Å². The van der Waals surface area contributed by atoms with Crippen LogP contribution in [0.25, 0.3) is 10.8 Å². The van der Waals surface area contributed by atoms with E-state index < -0.39 is 5.97 Å². The molecule has 0 atom stereocenters. The molecular formula is C15H16N2O2S. The number of aromatic nitrogens is 1. The van der Waals surface area contributed by atoms with E-state index in [0.29, 0.717) is 11.9 Å². The molecule has 1 aliphatic rings. The van der Waals surface area contributed by atoms with Crippen LogP contribution < -0.4 is 5.32 Å². The van der Waals surface area contributed by atoms with Gasteiger partial charge in [-0.15, -0.1) is 0 Å². The number of fused-ring (bicyclic) bond motifs is 1. The molecule has 4 nitrogen and oxygen atoms in total. The van der Waals surface area contributed by atoms with Gasteiger partial charge in [-0.25, -0.2) is 9.78 Å². The van der Waals surface area contributed by atoms with Crippen molar-refractivity contribution in [1.82, 2.24) is 4.98 Å². The minimum atomic E-state index is -0.988. The lowest BCUT2D eigenvalue weighted by Crippen LogP contribution is -2.25. The Balaban J connectivity index is 2.00. The summed E-state index contributed by atoms with van der Waals surface area (Å²) in [5.41, 5.74) is 0.0939. The quantitative estimate of drug-likeness (QED) is 0.908. The van der Waals surface area contributed by atoms with Crippen molar-refractivity contribution in [3.63, 3.8) is 0 Å². The fraction of sp³-hybridized carbons (Fsp3) is 0.333. The van der Waals surface area contributed by atoms with Crippen LogP contribution in [0.5, 0.6) is 0 Å². The molecule has 1 aromatic carbocycles. The topological polar surface area (TPSA) is 62.2 Å². The molecule has 20 heavy (non-hydrogen) atoms. The standard InChI is InChI=1S/C15H16N2O2S/c18-15(19)13-9-10-3-1-2-4-12(10)14(17-13)16-11-5-7-20-8-6-11/h1-4,9,11H,5-8H2,(H,16,17)(H,18,19). The number of rotatable bonds is 3. The van der Waals surface area contributed by atoms with Crippen molar-refractivity contribution in [2.45, 2.75) is 18.9 Å². The van der Waals surface area contributed by atoms with E-state index in [9.17, 15) is 9.90 Å². The maximum Gasteiger partial charge on any atom is 0.354 e. The molecular weight excluding hydrogens is 272 g/mol. The third-order valence-corrected chi connectivity index (χ3v) is 4.57. The zero-order valence-electron chi connectivity index (χ0n) is 11.0. The Labute approximate surface area is 121 Å². The first-order valence-electron chi connectivity index (χ1n) is 6.71. The number of carboxylic acid groups (broad SMARTS) is 1. The number of benzene rings is 1. The summed E-state index contributed by atoms with van der Waals surface area (Å²) < 4.78 is 0. The van der Waals surface area contributed by atoms with Crippen LogP contribution in [-0.4, -0.2) is 33.6 Å². The van der Waals surface area contributed by atoms with E-state index in [-0.39, 0.29) is 5.69 Å². The van der Waals surface area contributed by atoms with Crippen LogP contribution in [0.4, 0.5) is 5.82 Å². The van der Waals surface area contributed by atoms with E-state index in [4.69, 9.17) is 0 Å². The molecule has 0 radical (unpaired) electrons. The average molecular weight is 288 g/mol. The zero-order chi connectivity index (χ0) is 13.9. The number of thioether (sulfide) groups is 1. The first-order chi connectivity index (χ1) is 9.74. The monoisotopic (exact) mass is 288 g/mol. The Hall–Kier alpha value is -1.75. The van der Waals surface area contributed by atoms with Crippen molar-refractivity contribution in [2.75, 3.05) is 16.8 Å². The molecule has 0 saturated carbocycles. The summed E-state index contributed by atoms with van der Waals surface area (Å²) in [4.78, 5) is 15.5. The minimum Gasteiger partial charge on any atom is -0.477 e. The summed E-state index contributed by atoms with van der Waals surface area (Å²) in [5.74, 6) is 2.00. The van der Waals surface area contributed by atoms with Crippen molar-refractivity contribution >= 4 is 34.3 Å². The molecule has 5 heteroatoms. The van der Waals surface area contributed by atoms with Crippen molar-refractivity contribution in [2.24, 2.45) is 0 Å². The van der Waals surface area contributed by atoms with Gasteiger partial charge in [-0.2, -0.15) is 11.8 Å². The van der Waals surface area contributed by atoms with Crippen molar-refractivity contribution in [1.29, 1.82) is 0 Å². The Morgan fingerprint density at radius 1 is 1.30 bits per heavy atom. The number of anilines is 1. The van der Waals surface area contributed by atoms with Crippen molar-refractivity contribution in [3.05, 3.63) is 36.0 Å². The molecule has 0 aliphatic carbocycles. The van der Waals surface area contributed by atoms with E-state index in [1.54, 1.807) is 6.07 Å². The van der Waals surface area contributed by atoms with Gasteiger partial charge in [0.15, 0.2) is 5.69 Å². The second-order valence-electron chi connectivity index (χ2n) is 4.91. The Bertz CT molecular complexity index is 639. The Kier molecular flexibility index (Phi) is 3.78. The van der Waals surface area contributed by atoms with Crippen LogP contribution in [0.1, 0.15) is 23.3 Å². The number of hydrogen-bond donors (Lipinski definition) is 2. The van der Waals surface area contributed by atoms with Gasteiger partial charge >= 0.3 is 5.97 Å². The molecule has 1 aromatic heterocycles. The van der Waals surface area contributed by atoms with Crippen molar-refractivity contribution < 1.29 is 9.90 Å². The first kappa shape index (κ1) is 13.2. The SMILES string of the molecule is O=C(O)c1cc2ccccc2c(NC2CCSCC2)n1. The second kappa shape index (κ2) is 5.71. The van der Waals surface area contributed by atoms with E-state index >= 15 is 0 Å². The highest BCUT2D eigenvalue weighted by Gasteiger charge is 2.17. The van der Waals surface area contributed by atoms with Crippen LogP contribution in [0, 0.1) is 0 Å². The number of carbonyl (C=O) groups is 1. The Morgan fingerprint density at radius 2 is 2.05 bits per heavy atom. The lowest BCUT2D eigenvalue weighted by Gasteiger charge is -2.23. The minimum absolute atomic E-state index is 0.0939. The van der Waals surface area contributed by atoms with Crippen molar-refractivity contribution in [3.8, 4) is 0 Å². The molecule has 1 aliphatic heterocycles. The maximum atomic E-state index is 11.2. The van der Waals surface area contributed by atoms with Gasteiger partial charge in [-0.3, -0.25) is 0 Å². The Morgan fingerprint density at radius 3 is 2.80 bits per heavy atom. The van der Waals surface area contributed by atoms with Gasteiger partial charge in [0.2, 0.25) is 0 Å². The second-order valence-corrected chi connectivity index (χ2v) is 6.14. The highest BCUT2D eigenvalue weighted by Crippen LogP contribution is 2.26. The van der Waals surface area contributed by atoms with E-state index in [2.05, 4.69) is 10.3 Å². The summed E-state index contributed by atoms with van der Waals surface area (Å²) in [7, 11) is 0. The number of nitrogens with one attached hydrogen (secondary N) is 1. The highest BCUT2D eigenvalue weighted by atomic mass is 32.2. The molecule has 0 bridgehead atoms. The summed E-state index contributed by atoms with van der Waals surface area (Å²) in [6, 6.07) is 9.77. The molecule has 0 amide bonds. The van der Waals surface area contributed by atoms with Crippen LogP contribution in [0.3, 0.4) is 0 Å². The van der Waals surface area contributed by atoms with E-state index in [0.717, 1.165) is 35.1 Å². The molecule has 0 unspecified atom stereocenters. The maximum absolute atomic E-state index is 11.2. The summed E-state index contributed by atoms with van der Waals surface area (Å²) in [6.45, 7) is 0. The molecule has 104 valence electrons.